The summed E-state index contributed by atoms with van der Waals surface area (Å²) in [5, 5.41) is 23.0. The SMILES string of the molecule is CCCC(CCC)C(NC(C)=O)C1C(N=C(N)N)CC(C(=O)O)C1O. The predicted molar refractivity (Wildman–Crippen MR) is 95.7 cm³/mol. The van der Waals surface area contributed by atoms with E-state index in [1.54, 1.807) is 0 Å². The molecule has 5 atom stereocenters. The zero-order valence-corrected chi connectivity index (χ0v) is 15.3. The lowest BCUT2D eigenvalue weighted by Gasteiger charge is -2.36. The molecule has 0 heterocycles. The zero-order chi connectivity index (χ0) is 19.1. The highest BCUT2D eigenvalue weighted by atomic mass is 16.4. The molecule has 1 aliphatic rings. The van der Waals surface area contributed by atoms with Crippen LogP contribution in [0, 0.1) is 17.8 Å². The third-order valence-corrected chi connectivity index (χ3v) is 4.99. The highest BCUT2D eigenvalue weighted by Gasteiger charge is 2.51. The second-order valence-corrected chi connectivity index (χ2v) is 6.93. The Morgan fingerprint density at radius 3 is 2.20 bits per heavy atom. The van der Waals surface area contributed by atoms with Crippen LogP contribution in [-0.4, -0.2) is 46.2 Å². The number of carboxylic acid groups (broad SMARTS) is 1. The average molecular weight is 356 g/mol. The van der Waals surface area contributed by atoms with E-state index in [2.05, 4.69) is 24.2 Å². The molecule has 8 nitrogen and oxygen atoms in total. The molecule has 1 aliphatic carbocycles. The van der Waals surface area contributed by atoms with E-state index in [0.29, 0.717) is 0 Å². The summed E-state index contributed by atoms with van der Waals surface area (Å²) < 4.78 is 0. The fourth-order valence-corrected chi connectivity index (χ4v) is 4.09. The van der Waals surface area contributed by atoms with Gasteiger partial charge in [0.15, 0.2) is 5.96 Å². The van der Waals surface area contributed by atoms with Crippen molar-refractivity contribution < 1.29 is 19.8 Å². The Morgan fingerprint density at radius 2 is 1.80 bits per heavy atom. The summed E-state index contributed by atoms with van der Waals surface area (Å²) in [5.41, 5.74) is 11.0. The number of aliphatic carboxylic acids is 1. The van der Waals surface area contributed by atoms with Crippen LogP contribution >= 0.6 is 0 Å². The summed E-state index contributed by atoms with van der Waals surface area (Å²) in [6.07, 6.45) is 2.64. The number of carbonyl (C=O) groups excluding carboxylic acids is 1. The molecule has 8 heteroatoms. The first-order valence-electron chi connectivity index (χ1n) is 8.99. The van der Waals surface area contributed by atoms with Crippen molar-refractivity contribution in [3.05, 3.63) is 0 Å². The van der Waals surface area contributed by atoms with Gasteiger partial charge < -0.3 is 27.0 Å². The molecule has 7 N–H and O–H groups in total. The van der Waals surface area contributed by atoms with Gasteiger partial charge in [0, 0.05) is 18.9 Å². The largest absolute Gasteiger partial charge is 0.481 e. The quantitative estimate of drug-likeness (QED) is 0.298. The maximum atomic E-state index is 11.8. The minimum Gasteiger partial charge on any atom is -0.481 e. The number of nitrogens with two attached hydrogens (primary N) is 2. The Hall–Kier alpha value is -1.83. The van der Waals surface area contributed by atoms with E-state index in [1.807, 2.05) is 0 Å². The molecule has 1 rings (SSSR count). The summed E-state index contributed by atoms with van der Waals surface area (Å²) >= 11 is 0. The monoisotopic (exact) mass is 356 g/mol. The van der Waals surface area contributed by atoms with Gasteiger partial charge >= 0.3 is 5.97 Å². The Balaban J connectivity index is 3.26. The lowest BCUT2D eigenvalue weighted by molar-refractivity contribution is -0.145. The number of aliphatic hydroxyl groups is 1. The molecule has 0 aliphatic heterocycles. The van der Waals surface area contributed by atoms with Gasteiger partial charge in [0.1, 0.15) is 0 Å². The molecule has 0 spiro atoms. The number of aliphatic imine (C=N–C) groups is 1. The standard InChI is InChI=1S/C17H32N4O4/c1-4-6-10(7-5-2)14(20-9(3)22)13-12(21-17(18)19)8-11(15(13)23)16(24)25/h10-15,23H,4-8H2,1-3H3,(H,20,22)(H,24,25)(H4,18,19,21). The highest BCUT2D eigenvalue weighted by molar-refractivity contribution is 5.76. The van der Waals surface area contributed by atoms with E-state index in [9.17, 15) is 19.8 Å². The first-order valence-corrected chi connectivity index (χ1v) is 8.99. The smallest absolute Gasteiger partial charge is 0.309 e. The minimum atomic E-state index is -1.11. The van der Waals surface area contributed by atoms with E-state index in [1.165, 1.54) is 6.92 Å². The Labute approximate surface area is 149 Å². The lowest BCUT2D eigenvalue weighted by Crippen LogP contribution is -2.51. The third-order valence-electron chi connectivity index (χ3n) is 4.99. The van der Waals surface area contributed by atoms with Gasteiger partial charge in [0.2, 0.25) is 5.91 Å². The first kappa shape index (κ1) is 21.2. The summed E-state index contributed by atoms with van der Waals surface area (Å²) in [7, 11) is 0. The molecule has 0 aromatic heterocycles. The van der Waals surface area contributed by atoms with E-state index < -0.39 is 30.0 Å². The second kappa shape index (κ2) is 9.60. The molecule has 0 aromatic rings. The molecule has 0 radical (unpaired) electrons. The van der Waals surface area contributed by atoms with Crippen molar-refractivity contribution in [2.45, 2.75) is 71.1 Å². The molecular formula is C17H32N4O4. The van der Waals surface area contributed by atoms with Gasteiger partial charge in [-0.2, -0.15) is 0 Å². The van der Waals surface area contributed by atoms with Crippen LogP contribution in [0.3, 0.4) is 0 Å². The summed E-state index contributed by atoms with van der Waals surface area (Å²) in [4.78, 5) is 27.4. The molecule has 0 bridgehead atoms. The van der Waals surface area contributed by atoms with E-state index in [4.69, 9.17) is 11.5 Å². The lowest BCUT2D eigenvalue weighted by atomic mass is 9.79. The van der Waals surface area contributed by atoms with Gasteiger partial charge in [-0.1, -0.05) is 26.7 Å². The van der Waals surface area contributed by atoms with Crippen molar-refractivity contribution in [2.75, 3.05) is 0 Å². The maximum absolute atomic E-state index is 11.8. The van der Waals surface area contributed by atoms with Crippen LogP contribution < -0.4 is 16.8 Å². The summed E-state index contributed by atoms with van der Waals surface area (Å²) in [6.45, 7) is 5.55. The average Bonchev–Trinajstić information content (AvgIpc) is 2.80. The molecule has 0 aromatic carbocycles. The number of nitrogens with one attached hydrogen (secondary N) is 1. The number of amides is 1. The maximum Gasteiger partial charge on any atom is 0.309 e. The topological polar surface area (TPSA) is 151 Å². The second-order valence-electron chi connectivity index (χ2n) is 6.93. The fourth-order valence-electron chi connectivity index (χ4n) is 4.09. The molecular weight excluding hydrogens is 324 g/mol. The summed E-state index contributed by atoms with van der Waals surface area (Å²) in [5.74, 6) is -2.78. The third kappa shape index (κ3) is 5.59. The van der Waals surface area contributed by atoms with Gasteiger partial charge in [-0.05, 0) is 25.2 Å². The van der Waals surface area contributed by atoms with Gasteiger partial charge in [0.05, 0.1) is 18.1 Å². The Kier molecular flexibility index (Phi) is 8.15. The zero-order valence-electron chi connectivity index (χ0n) is 15.3. The van der Waals surface area contributed by atoms with Crippen molar-refractivity contribution in [2.24, 2.45) is 34.2 Å². The van der Waals surface area contributed by atoms with Gasteiger partial charge in [-0.3, -0.25) is 9.59 Å². The highest BCUT2D eigenvalue weighted by Crippen LogP contribution is 2.40. The van der Waals surface area contributed by atoms with Crippen LogP contribution in [0.25, 0.3) is 0 Å². The predicted octanol–water partition coefficient (Wildman–Crippen LogP) is 0.431. The van der Waals surface area contributed by atoms with Crippen molar-refractivity contribution >= 4 is 17.8 Å². The first-order chi connectivity index (χ1) is 11.7. The molecule has 1 saturated carbocycles. The van der Waals surface area contributed by atoms with Gasteiger partial charge in [0.25, 0.3) is 0 Å². The van der Waals surface area contributed by atoms with E-state index in [0.717, 1.165) is 25.7 Å². The van der Waals surface area contributed by atoms with Gasteiger partial charge in [-0.25, -0.2) is 4.99 Å². The van der Waals surface area contributed by atoms with Crippen molar-refractivity contribution in [3.8, 4) is 0 Å². The van der Waals surface area contributed by atoms with Crippen LogP contribution in [0.2, 0.25) is 0 Å². The number of nitrogens with zero attached hydrogens (tertiary/aromatic N) is 1. The Bertz CT molecular complexity index is 487. The number of guanidine groups is 1. The molecule has 5 unspecified atom stereocenters. The van der Waals surface area contributed by atoms with Crippen LogP contribution in [-0.2, 0) is 9.59 Å². The van der Waals surface area contributed by atoms with Gasteiger partial charge in [-0.15, -0.1) is 0 Å². The molecule has 1 amide bonds. The number of rotatable bonds is 9. The molecule has 0 saturated heterocycles. The van der Waals surface area contributed by atoms with Crippen molar-refractivity contribution in [3.63, 3.8) is 0 Å². The molecule has 25 heavy (non-hydrogen) atoms. The van der Waals surface area contributed by atoms with Crippen LogP contribution in [0.4, 0.5) is 0 Å². The number of aliphatic hydroxyl groups excluding tert-OH is 1. The summed E-state index contributed by atoms with van der Waals surface area (Å²) in [6, 6.07) is -0.904. The van der Waals surface area contributed by atoms with Crippen LogP contribution in [0.1, 0.15) is 52.9 Å². The normalized spacial score (nSPS) is 27.1. The fraction of sp³-hybridized carbons (Fsp3) is 0.824. The number of hydrogen-bond acceptors (Lipinski definition) is 4. The van der Waals surface area contributed by atoms with E-state index in [-0.39, 0.29) is 30.2 Å². The molecule has 144 valence electrons. The Morgan fingerprint density at radius 1 is 1.24 bits per heavy atom. The van der Waals surface area contributed by atoms with Crippen molar-refractivity contribution in [1.82, 2.24) is 5.32 Å². The number of carbonyl (C=O) groups is 2. The number of hydrogen-bond donors (Lipinski definition) is 5. The minimum absolute atomic E-state index is 0.128. The van der Waals surface area contributed by atoms with Crippen molar-refractivity contribution in [1.29, 1.82) is 0 Å². The number of carboxylic acids is 1. The molecule has 1 fully saturated rings. The van der Waals surface area contributed by atoms with Crippen LogP contribution in [0.5, 0.6) is 0 Å². The van der Waals surface area contributed by atoms with E-state index >= 15 is 0 Å². The van der Waals surface area contributed by atoms with Crippen LogP contribution in [0.15, 0.2) is 4.99 Å².